The van der Waals surface area contributed by atoms with E-state index >= 15 is 0 Å². The molecule has 0 aliphatic heterocycles. The first kappa shape index (κ1) is 15.4. The summed E-state index contributed by atoms with van der Waals surface area (Å²) in [4.78, 5) is 7.71. The number of aliphatic hydroxyl groups excluding tert-OH is 1. The number of aliphatic hydroxyl groups is 1. The molecule has 1 fully saturated rings. The van der Waals surface area contributed by atoms with E-state index < -0.39 is 0 Å². The molecule has 1 aromatic carbocycles. The summed E-state index contributed by atoms with van der Waals surface area (Å²) in [5, 5.41) is 15.5. The molecule has 132 valence electrons. The third-order valence-corrected chi connectivity index (χ3v) is 5.12. The minimum absolute atomic E-state index is 0.116. The van der Waals surface area contributed by atoms with Crippen molar-refractivity contribution in [3.63, 3.8) is 0 Å². The third-order valence-electron chi connectivity index (χ3n) is 5.12. The summed E-state index contributed by atoms with van der Waals surface area (Å²) in [5.41, 5.74) is 3.86. The second kappa shape index (κ2) is 6.14. The van der Waals surface area contributed by atoms with Crippen molar-refractivity contribution in [1.29, 1.82) is 0 Å². The largest absolute Gasteiger partial charge is 0.473 e. The molecule has 0 radical (unpaired) electrons. The highest BCUT2D eigenvalue weighted by Gasteiger charge is 2.21. The summed E-state index contributed by atoms with van der Waals surface area (Å²) in [6.45, 7) is 0. The molecule has 0 bridgehead atoms. The predicted octanol–water partition coefficient (Wildman–Crippen LogP) is 3.56. The topological polar surface area (TPSA) is 75.4 Å². The minimum atomic E-state index is -0.187. The van der Waals surface area contributed by atoms with Crippen LogP contribution < -0.4 is 4.74 Å². The first-order valence-corrected chi connectivity index (χ1v) is 9.03. The van der Waals surface area contributed by atoms with Gasteiger partial charge in [0.2, 0.25) is 5.88 Å². The molecule has 0 amide bonds. The second-order valence-corrected chi connectivity index (χ2v) is 6.91. The fourth-order valence-electron chi connectivity index (χ4n) is 3.66. The van der Waals surface area contributed by atoms with Crippen molar-refractivity contribution in [1.82, 2.24) is 19.6 Å². The smallest absolute Gasteiger partial charge is 0.232 e. The molecule has 1 aliphatic carbocycles. The number of imidazole rings is 1. The number of nitrogens with one attached hydrogen (secondary N) is 1. The van der Waals surface area contributed by atoms with Crippen LogP contribution >= 0.6 is 0 Å². The summed E-state index contributed by atoms with van der Waals surface area (Å²) < 4.78 is 7.88. The van der Waals surface area contributed by atoms with Crippen molar-refractivity contribution in [3.05, 3.63) is 48.8 Å². The van der Waals surface area contributed by atoms with Crippen LogP contribution in [0.5, 0.6) is 5.88 Å². The van der Waals surface area contributed by atoms with Gasteiger partial charge in [0.25, 0.3) is 0 Å². The van der Waals surface area contributed by atoms with E-state index in [0.29, 0.717) is 5.88 Å². The van der Waals surface area contributed by atoms with Gasteiger partial charge in [-0.25, -0.2) is 9.50 Å². The maximum Gasteiger partial charge on any atom is 0.232 e. The lowest BCUT2D eigenvalue weighted by molar-refractivity contribution is 0.0637. The average molecular weight is 348 g/mol. The van der Waals surface area contributed by atoms with Gasteiger partial charge < -0.3 is 14.8 Å². The maximum atomic E-state index is 9.64. The summed E-state index contributed by atoms with van der Waals surface area (Å²) >= 11 is 0. The van der Waals surface area contributed by atoms with E-state index in [9.17, 15) is 5.11 Å². The number of hydrogen-bond donors (Lipinski definition) is 2. The number of nitrogens with zero attached hydrogens (tertiary/aromatic N) is 3. The standard InChI is InChI=1S/C20H20N4O2/c25-15-3-5-16(6-4-15)26-20-8-7-19-22-12-18(24(19)23-20)14-2-1-13-9-10-21-17(13)11-14/h1-2,7-12,15-16,21,25H,3-6H2/t15-,16-. The van der Waals surface area contributed by atoms with Gasteiger partial charge in [-0.05, 0) is 49.3 Å². The SMILES string of the molecule is O[C@H]1CC[C@H](Oc2ccc3ncc(-c4ccc5cc[nH]c5c4)n3n2)CC1. The Morgan fingerprint density at radius 2 is 1.96 bits per heavy atom. The lowest BCUT2D eigenvalue weighted by atomic mass is 9.95. The molecule has 6 heteroatoms. The molecule has 6 nitrogen and oxygen atoms in total. The zero-order valence-electron chi connectivity index (χ0n) is 14.3. The van der Waals surface area contributed by atoms with E-state index in [1.807, 2.05) is 29.0 Å². The Morgan fingerprint density at radius 3 is 2.85 bits per heavy atom. The molecule has 0 unspecified atom stereocenters. The van der Waals surface area contributed by atoms with Gasteiger partial charge in [0, 0.05) is 23.3 Å². The van der Waals surface area contributed by atoms with Gasteiger partial charge in [0.15, 0.2) is 5.65 Å². The van der Waals surface area contributed by atoms with Gasteiger partial charge in [-0.2, -0.15) is 0 Å². The number of ether oxygens (including phenoxy) is 1. The van der Waals surface area contributed by atoms with Crippen molar-refractivity contribution >= 4 is 16.6 Å². The van der Waals surface area contributed by atoms with E-state index in [0.717, 1.165) is 48.1 Å². The summed E-state index contributed by atoms with van der Waals surface area (Å²) in [6.07, 6.45) is 7.02. The number of aromatic amines is 1. The van der Waals surface area contributed by atoms with Crippen LogP contribution in [0.25, 0.3) is 27.8 Å². The second-order valence-electron chi connectivity index (χ2n) is 6.91. The third kappa shape index (κ3) is 2.72. The Labute approximate surface area is 150 Å². The first-order chi connectivity index (χ1) is 12.8. The summed E-state index contributed by atoms with van der Waals surface area (Å²) in [6, 6.07) is 12.1. The fraction of sp³-hybridized carbons (Fsp3) is 0.300. The van der Waals surface area contributed by atoms with Crippen molar-refractivity contribution in [2.45, 2.75) is 37.9 Å². The number of H-pyrrole nitrogens is 1. The molecular formula is C20H20N4O2. The van der Waals surface area contributed by atoms with Gasteiger partial charge in [-0.15, -0.1) is 5.10 Å². The minimum Gasteiger partial charge on any atom is -0.473 e. The van der Waals surface area contributed by atoms with Crippen LogP contribution in [-0.4, -0.2) is 36.9 Å². The highest BCUT2D eigenvalue weighted by Crippen LogP contribution is 2.26. The molecule has 1 aliphatic rings. The number of fused-ring (bicyclic) bond motifs is 2. The van der Waals surface area contributed by atoms with E-state index in [4.69, 9.17) is 4.74 Å². The Bertz CT molecular complexity index is 1060. The first-order valence-electron chi connectivity index (χ1n) is 9.03. The van der Waals surface area contributed by atoms with Gasteiger partial charge in [-0.3, -0.25) is 0 Å². The van der Waals surface area contributed by atoms with Gasteiger partial charge >= 0.3 is 0 Å². The van der Waals surface area contributed by atoms with Crippen molar-refractivity contribution in [2.75, 3.05) is 0 Å². The monoisotopic (exact) mass is 348 g/mol. The molecule has 3 heterocycles. The molecule has 3 aromatic heterocycles. The molecular weight excluding hydrogens is 328 g/mol. The van der Waals surface area contributed by atoms with Gasteiger partial charge in [0.05, 0.1) is 18.0 Å². The summed E-state index contributed by atoms with van der Waals surface area (Å²) in [7, 11) is 0. The quantitative estimate of drug-likeness (QED) is 0.594. The molecule has 0 atom stereocenters. The van der Waals surface area contributed by atoms with Crippen LogP contribution in [0.15, 0.2) is 48.8 Å². The normalized spacial score (nSPS) is 20.7. The maximum absolute atomic E-state index is 9.64. The van der Waals surface area contributed by atoms with Gasteiger partial charge in [-0.1, -0.05) is 12.1 Å². The zero-order chi connectivity index (χ0) is 17.5. The number of aromatic nitrogens is 4. The van der Waals surface area contributed by atoms with E-state index in [-0.39, 0.29) is 12.2 Å². The molecule has 5 rings (SSSR count). The van der Waals surface area contributed by atoms with E-state index in [2.05, 4.69) is 39.3 Å². The van der Waals surface area contributed by atoms with Crippen LogP contribution in [0.3, 0.4) is 0 Å². The molecule has 0 saturated heterocycles. The van der Waals surface area contributed by atoms with Crippen LogP contribution in [0.2, 0.25) is 0 Å². The van der Waals surface area contributed by atoms with Crippen LogP contribution in [0.1, 0.15) is 25.7 Å². The van der Waals surface area contributed by atoms with Crippen LogP contribution in [0.4, 0.5) is 0 Å². The number of benzene rings is 1. The Kier molecular flexibility index (Phi) is 3.64. The molecule has 2 N–H and O–H groups in total. The van der Waals surface area contributed by atoms with E-state index in [1.165, 1.54) is 5.39 Å². The van der Waals surface area contributed by atoms with Crippen molar-refractivity contribution < 1.29 is 9.84 Å². The lowest BCUT2D eigenvalue weighted by Crippen LogP contribution is -2.26. The van der Waals surface area contributed by atoms with Crippen LogP contribution in [-0.2, 0) is 0 Å². The van der Waals surface area contributed by atoms with E-state index in [1.54, 1.807) is 0 Å². The molecule has 0 spiro atoms. The van der Waals surface area contributed by atoms with Crippen LogP contribution in [0, 0.1) is 0 Å². The number of rotatable bonds is 3. The zero-order valence-corrected chi connectivity index (χ0v) is 14.3. The molecule has 26 heavy (non-hydrogen) atoms. The average Bonchev–Trinajstić information content (AvgIpc) is 3.29. The van der Waals surface area contributed by atoms with Gasteiger partial charge in [0.1, 0.15) is 6.10 Å². The fourth-order valence-corrected chi connectivity index (χ4v) is 3.66. The molecule has 1 saturated carbocycles. The van der Waals surface area contributed by atoms with Crippen molar-refractivity contribution in [3.8, 4) is 17.1 Å². The Morgan fingerprint density at radius 1 is 1.08 bits per heavy atom. The Hall–Kier alpha value is -2.86. The Balaban J connectivity index is 1.48. The predicted molar refractivity (Wildman–Crippen MR) is 99.2 cm³/mol. The lowest BCUT2D eigenvalue weighted by Gasteiger charge is -2.25. The highest BCUT2D eigenvalue weighted by atomic mass is 16.5. The highest BCUT2D eigenvalue weighted by molar-refractivity contribution is 5.84. The number of hydrogen-bond acceptors (Lipinski definition) is 4. The van der Waals surface area contributed by atoms with Crippen molar-refractivity contribution in [2.24, 2.45) is 0 Å². The summed E-state index contributed by atoms with van der Waals surface area (Å²) in [5.74, 6) is 0.596. The molecule has 4 aromatic rings.